The van der Waals surface area contributed by atoms with Crippen LogP contribution in [0.1, 0.15) is 71.5 Å². The van der Waals surface area contributed by atoms with Crippen LogP contribution in [0.2, 0.25) is 0 Å². The summed E-state index contributed by atoms with van der Waals surface area (Å²) in [6.07, 6.45) is 0.493. The number of phenols is 1. The molecule has 2 amide bonds. The molecule has 0 saturated carbocycles. The molecule has 2 aliphatic heterocycles. The number of hydrogen-bond acceptors (Lipinski definition) is 7. The van der Waals surface area contributed by atoms with Gasteiger partial charge in [0, 0.05) is 85.2 Å². The Morgan fingerprint density at radius 2 is 1.43 bits per heavy atom. The van der Waals surface area contributed by atoms with E-state index in [1.165, 1.54) is 18.2 Å². The second-order valence-corrected chi connectivity index (χ2v) is 11.9. The Bertz CT molecular complexity index is 1750. The fourth-order valence-corrected chi connectivity index (χ4v) is 7.18. The monoisotopic (exact) mass is 633 g/mol. The van der Waals surface area contributed by atoms with Gasteiger partial charge in [0.2, 0.25) is 0 Å². The van der Waals surface area contributed by atoms with Crippen molar-refractivity contribution in [3.8, 4) is 17.2 Å². The smallest absolute Gasteiger partial charge is 0.255 e. The van der Waals surface area contributed by atoms with Crippen molar-refractivity contribution in [2.24, 2.45) is 0 Å². The molecule has 0 radical (unpaired) electrons. The van der Waals surface area contributed by atoms with Crippen molar-refractivity contribution >= 4 is 28.9 Å². The summed E-state index contributed by atoms with van der Waals surface area (Å²) >= 11 is 0. The zero-order valence-electron chi connectivity index (χ0n) is 27.5. The normalized spacial score (nSPS) is 13.9. The number of fused-ring (bicyclic) bond motifs is 6. The van der Waals surface area contributed by atoms with Crippen LogP contribution in [0.25, 0.3) is 0 Å². The SMILES string of the molecule is CCN(CC)c1ccc2c(c1)Oc1cc(N(CC)CC)ccc1C21c2ccccc2C(=O)N1CCCNC(=O)c1cc(O)ccc1N. The highest BCUT2D eigenvalue weighted by Crippen LogP contribution is 2.58. The van der Waals surface area contributed by atoms with Gasteiger partial charge in [0.05, 0.1) is 5.56 Å². The molecule has 1 spiro atoms. The van der Waals surface area contributed by atoms with Crippen LogP contribution in [0.15, 0.2) is 78.9 Å². The largest absolute Gasteiger partial charge is 0.508 e. The molecule has 0 saturated heterocycles. The van der Waals surface area contributed by atoms with E-state index in [4.69, 9.17) is 10.5 Å². The predicted octanol–water partition coefficient (Wildman–Crippen LogP) is 6.34. The van der Waals surface area contributed by atoms with Gasteiger partial charge in [-0.25, -0.2) is 0 Å². The summed E-state index contributed by atoms with van der Waals surface area (Å²) in [5, 5.41) is 12.8. The molecule has 9 nitrogen and oxygen atoms in total. The number of nitrogens with zero attached hydrogens (tertiary/aromatic N) is 3. The molecule has 0 aliphatic carbocycles. The lowest BCUT2D eigenvalue weighted by molar-refractivity contribution is 0.0662. The maximum absolute atomic E-state index is 14.4. The van der Waals surface area contributed by atoms with E-state index in [1.54, 1.807) is 0 Å². The number of nitrogen functional groups attached to an aromatic ring is 1. The molecular formula is C38H43N5O4. The van der Waals surface area contributed by atoms with E-state index in [-0.39, 0.29) is 28.8 Å². The second kappa shape index (κ2) is 12.9. The zero-order valence-corrected chi connectivity index (χ0v) is 27.5. The molecule has 2 aliphatic rings. The highest BCUT2D eigenvalue weighted by atomic mass is 16.5. The quantitative estimate of drug-likeness (QED) is 0.100. The maximum atomic E-state index is 14.4. The third-order valence-corrected chi connectivity index (χ3v) is 9.51. The number of amides is 2. The Morgan fingerprint density at radius 1 is 0.830 bits per heavy atom. The third kappa shape index (κ3) is 5.29. The van der Waals surface area contributed by atoms with Crippen molar-refractivity contribution in [1.29, 1.82) is 0 Å². The fraction of sp³-hybridized carbons (Fsp3) is 0.316. The number of nitrogens with two attached hydrogens (primary N) is 1. The summed E-state index contributed by atoms with van der Waals surface area (Å²) in [4.78, 5) is 33.9. The number of phenolic OH excluding ortho intramolecular Hbond substituents is 1. The lowest BCUT2D eigenvalue weighted by Gasteiger charge is -2.45. The number of carbonyl (C=O) groups is 2. The highest BCUT2D eigenvalue weighted by molar-refractivity contribution is 6.02. The average molecular weight is 634 g/mol. The Hall–Kier alpha value is -5.18. The van der Waals surface area contributed by atoms with E-state index in [0.717, 1.165) is 65.7 Å². The number of ether oxygens (including phenoxy) is 1. The molecule has 244 valence electrons. The van der Waals surface area contributed by atoms with Gasteiger partial charge < -0.3 is 35.6 Å². The molecule has 47 heavy (non-hydrogen) atoms. The standard InChI is InChI=1S/C38H43N5O4/c1-5-41(6-2)25-14-17-31-34(22-25)47-35-23-26(42(7-3)8-4)15-18-32(35)38(31)30-13-10-9-12-28(30)37(46)43(38)21-11-20-40-36(45)29-24-27(44)16-19-33(29)39/h9-10,12-19,22-24,44H,5-8,11,20-21,39H2,1-4H3,(H,40,45). The first-order chi connectivity index (χ1) is 22.8. The van der Waals surface area contributed by atoms with Crippen molar-refractivity contribution in [3.63, 3.8) is 0 Å². The first kappa shape index (κ1) is 31.8. The number of nitrogens with one attached hydrogen (secondary N) is 1. The maximum Gasteiger partial charge on any atom is 0.255 e. The number of carbonyl (C=O) groups excluding carboxylic acids is 2. The predicted molar refractivity (Wildman–Crippen MR) is 187 cm³/mol. The molecule has 4 aromatic rings. The average Bonchev–Trinajstić information content (AvgIpc) is 3.32. The molecule has 2 heterocycles. The molecule has 0 bridgehead atoms. The lowest BCUT2D eigenvalue weighted by atomic mass is 9.74. The molecule has 4 N–H and O–H groups in total. The van der Waals surface area contributed by atoms with Crippen molar-refractivity contribution < 1.29 is 19.4 Å². The third-order valence-electron chi connectivity index (χ3n) is 9.51. The van der Waals surface area contributed by atoms with Gasteiger partial charge in [-0.2, -0.15) is 0 Å². The first-order valence-electron chi connectivity index (χ1n) is 16.5. The van der Waals surface area contributed by atoms with Crippen LogP contribution >= 0.6 is 0 Å². The lowest BCUT2D eigenvalue weighted by Crippen LogP contribution is -2.48. The summed E-state index contributed by atoms with van der Waals surface area (Å²) in [6, 6.07) is 24.8. The molecule has 6 rings (SSSR count). The highest BCUT2D eigenvalue weighted by Gasteiger charge is 2.56. The number of hydrogen-bond donors (Lipinski definition) is 3. The Balaban J connectivity index is 1.44. The van der Waals surface area contributed by atoms with Gasteiger partial charge in [0.1, 0.15) is 22.8 Å². The van der Waals surface area contributed by atoms with Gasteiger partial charge >= 0.3 is 0 Å². The van der Waals surface area contributed by atoms with E-state index in [2.05, 4.69) is 85.3 Å². The van der Waals surface area contributed by atoms with Gasteiger partial charge in [-0.1, -0.05) is 30.3 Å². The molecule has 9 heteroatoms. The minimum Gasteiger partial charge on any atom is -0.508 e. The molecule has 0 unspecified atom stereocenters. The zero-order chi connectivity index (χ0) is 33.3. The summed E-state index contributed by atoms with van der Waals surface area (Å²) < 4.78 is 6.77. The minimum absolute atomic E-state index is 0.0307. The Morgan fingerprint density at radius 3 is 2.02 bits per heavy atom. The van der Waals surface area contributed by atoms with Gasteiger partial charge in [-0.05, 0) is 76.1 Å². The van der Waals surface area contributed by atoms with Crippen molar-refractivity contribution in [2.75, 3.05) is 54.8 Å². The summed E-state index contributed by atoms with van der Waals surface area (Å²) in [5.74, 6) is 0.973. The van der Waals surface area contributed by atoms with Crippen molar-refractivity contribution in [3.05, 3.63) is 107 Å². The van der Waals surface area contributed by atoms with Crippen LogP contribution in [0.4, 0.5) is 17.1 Å². The van der Waals surface area contributed by atoms with Crippen LogP contribution in [-0.2, 0) is 5.54 Å². The second-order valence-electron chi connectivity index (χ2n) is 11.9. The van der Waals surface area contributed by atoms with E-state index in [1.807, 2.05) is 23.1 Å². The van der Waals surface area contributed by atoms with Crippen molar-refractivity contribution in [1.82, 2.24) is 10.2 Å². The number of anilines is 3. The number of aromatic hydroxyl groups is 1. The van der Waals surface area contributed by atoms with Gasteiger partial charge in [0.15, 0.2) is 0 Å². The van der Waals surface area contributed by atoms with Gasteiger partial charge in [-0.3, -0.25) is 9.59 Å². The van der Waals surface area contributed by atoms with Crippen LogP contribution in [0.3, 0.4) is 0 Å². The van der Waals surface area contributed by atoms with E-state index >= 15 is 0 Å². The Kier molecular flexibility index (Phi) is 8.73. The topological polar surface area (TPSA) is 111 Å². The molecule has 0 aromatic heterocycles. The number of benzene rings is 4. The number of rotatable bonds is 11. The van der Waals surface area contributed by atoms with Gasteiger partial charge in [0.25, 0.3) is 11.8 Å². The van der Waals surface area contributed by atoms with Crippen LogP contribution in [0.5, 0.6) is 17.2 Å². The summed E-state index contributed by atoms with van der Waals surface area (Å²) in [7, 11) is 0. The van der Waals surface area contributed by atoms with Crippen LogP contribution in [-0.4, -0.2) is 61.1 Å². The van der Waals surface area contributed by atoms with Crippen molar-refractivity contribution in [2.45, 2.75) is 39.7 Å². The molecular weight excluding hydrogens is 590 g/mol. The fourth-order valence-electron chi connectivity index (χ4n) is 7.18. The van der Waals surface area contributed by atoms with Crippen LogP contribution in [0, 0.1) is 0 Å². The van der Waals surface area contributed by atoms with Gasteiger partial charge in [-0.15, -0.1) is 0 Å². The van der Waals surface area contributed by atoms with E-state index in [0.29, 0.717) is 25.1 Å². The van der Waals surface area contributed by atoms with E-state index < -0.39 is 5.54 Å². The molecule has 0 atom stereocenters. The summed E-state index contributed by atoms with van der Waals surface area (Å²) in [6.45, 7) is 12.7. The van der Waals surface area contributed by atoms with E-state index in [9.17, 15) is 14.7 Å². The minimum atomic E-state index is -0.931. The molecule has 0 fully saturated rings. The Labute approximate surface area is 276 Å². The molecule has 4 aromatic carbocycles. The first-order valence-corrected chi connectivity index (χ1v) is 16.5. The summed E-state index contributed by atoms with van der Waals surface area (Å²) in [5.41, 5.74) is 11.1. The van der Waals surface area contributed by atoms with Crippen LogP contribution < -0.4 is 25.6 Å².